The number of thiocarbonyl (C=S) groups is 1. The van der Waals surface area contributed by atoms with Crippen LogP contribution in [0.5, 0.6) is 0 Å². The van der Waals surface area contributed by atoms with E-state index in [-0.39, 0.29) is 22.1 Å². The average Bonchev–Trinajstić information content (AvgIpc) is 3.17. The molecule has 8 heteroatoms. The van der Waals surface area contributed by atoms with E-state index in [0.717, 1.165) is 12.1 Å². The number of alkyl halides is 3. The zero-order valence-corrected chi connectivity index (χ0v) is 15.4. The van der Waals surface area contributed by atoms with Crippen LogP contribution in [0.4, 0.5) is 18.9 Å². The first-order valence-corrected chi connectivity index (χ1v) is 9.05. The van der Waals surface area contributed by atoms with Crippen LogP contribution in [0.2, 0.25) is 0 Å². The van der Waals surface area contributed by atoms with Crippen molar-refractivity contribution in [3.8, 4) is 0 Å². The molecule has 0 amide bonds. The molecule has 138 valence electrons. The van der Waals surface area contributed by atoms with Gasteiger partial charge in [-0.2, -0.15) is 17.7 Å². The van der Waals surface area contributed by atoms with Crippen LogP contribution < -0.4 is 15.0 Å². The molecule has 1 N–H and O–H groups in total. The number of pyridine rings is 1. The standard InChI is InChI=1S/C19H13F3N2OS2/c20-19(21,22)13-6-4-7-14(12-13)23-18(26)16(24-9-2-1-3-10-24)17(25)15-8-5-11-27-15/h1-12H,(H-,23,25,26). The Morgan fingerprint density at radius 2 is 1.78 bits per heavy atom. The lowest BCUT2D eigenvalue weighted by molar-refractivity contribution is -0.577. The maximum atomic E-state index is 12.9. The fraction of sp³-hybridized carbons (Fsp3) is 0.0526. The van der Waals surface area contributed by atoms with Crippen LogP contribution in [0.3, 0.4) is 0 Å². The van der Waals surface area contributed by atoms with E-state index in [9.17, 15) is 18.3 Å². The zero-order chi connectivity index (χ0) is 19.4. The Labute approximate surface area is 163 Å². The third-order valence-electron chi connectivity index (χ3n) is 3.60. The Hall–Kier alpha value is -2.71. The van der Waals surface area contributed by atoms with Gasteiger partial charge in [-0.25, -0.2) is 0 Å². The van der Waals surface area contributed by atoms with Crippen molar-refractivity contribution in [3.63, 3.8) is 0 Å². The predicted octanol–water partition coefficient (Wildman–Crippen LogP) is 4.18. The summed E-state index contributed by atoms with van der Waals surface area (Å²) in [6.45, 7) is 0. The van der Waals surface area contributed by atoms with Gasteiger partial charge in [0.1, 0.15) is 0 Å². The molecule has 2 heterocycles. The van der Waals surface area contributed by atoms with Gasteiger partial charge >= 0.3 is 6.18 Å². The smallest absolute Gasteiger partial charge is 0.416 e. The SMILES string of the molecule is [O-]C(=C(C(=S)Nc1cccc(C(F)(F)F)c1)[n+]1ccccc1)c1cccs1. The van der Waals surface area contributed by atoms with Gasteiger partial charge in [-0.05, 0) is 35.4 Å². The molecule has 0 unspecified atom stereocenters. The summed E-state index contributed by atoms with van der Waals surface area (Å²) in [4.78, 5) is 0.512. The minimum Gasteiger partial charge on any atom is -0.867 e. The topological polar surface area (TPSA) is 39.0 Å². The number of halogens is 3. The lowest BCUT2D eigenvalue weighted by Crippen LogP contribution is -2.39. The first kappa shape index (κ1) is 19.1. The molecule has 0 aliphatic rings. The van der Waals surface area contributed by atoms with Crippen molar-refractivity contribution in [1.82, 2.24) is 0 Å². The zero-order valence-electron chi connectivity index (χ0n) is 13.7. The number of hydrogen-bond donors (Lipinski definition) is 1. The van der Waals surface area contributed by atoms with E-state index in [0.29, 0.717) is 4.88 Å². The van der Waals surface area contributed by atoms with Crippen LogP contribution in [0, 0.1) is 0 Å². The molecule has 27 heavy (non-hydrogen) atoms. The molecule has 0 aliphatic carbocycles. The summed E-state index contributed by atoms with van der Waals surface area (Å²) < 4.78 is 40.3. The van der Waals surface area contributed by atoms with Crippen molar-refractivity contribution in [2.75, 3.05) is 5.32 Å². The average molecular weight is 406 g/mol. The van der Waals surface area contributed by atoms with Crippen LogP contribution in [0.15, 0.2) is 72.4 Å². The highest BCUT2D eigenvalue weighted by Crippen LogP contribution is 2.31. The molecule has 0 radical (unpaired) electrons. The monoisotopic (exact) mass is 406 g/mol. The van der Waals surface area contributed by atoms with E-state index in [4.69, 9.17) is 12.2 Å². The summed E-state index contributed by atoms with van der Waals surface area (Å²) in [6.07, 6.45) is -1.16. The van der Waals surface area contributed by atoms with E-state index in [1.54, 1.807) is 52.7 Å². The first-order valence-electron chi connectivity index (χ1n) is 7.77. The van der Waals surface area contributed by atoms with Crippen LogP contribution in [-0.2, 0) is 6.18 Å². The van der Waals surface area contributed by atoms with Gasteiger partial charge in [0.15, 0.2) is 17.4 Å². The molecule has 0 atom stereocenters. The predicted molar refractivity (Wildman–Crippen MR) is 102 cm³/mol. The summed E-state index contributed by atoms with van der Waals surface area (Å²) in [5, 5.41) is 17.4. The van der Waals surface area contributed by atoms with Crippen molar-refractivity contribution in [2.45, 2.75) is 6.18 Å². The molecule has 0 saturated carbocycles. The maximum Gasteiger partial charge on any atom is 0.416 e. The van der Waals surface area contributed by atoms with Crippen LogP contribution in [-0.4, -0.2) is 4.99 Å². The fourth-order valence-electron chi connectivity index (χ4n) is 2.37. The summed E-state index contributed by atoms with van der Waals surface area (Å²) in [5.41, 5.74) is -0.484. The number of anilines is 1. The highest BCUT2D eigenvalue weighted by atomic mass is 32.1. The molecular formula is C19H13F3N2OS2. The molecule has 0 aliphatic heterocycles. The first-order chi connectivity index (χ1) is 12.9. The highest BCUT2D eigenvalue weighted by molar-refractivity contribution is 7.81. The minimum absolute atomic E-state index is 0.0314. The van der Waals surface area contributed by atoms with E-state index >= 15 is 0 Å². The van der Waals surface area contributed by atoms with Gasteiger partial charge in [-0.1, -0.05) is 30.4 Å². The molecule has 1 aromatic carbocycles. The second-order valence-electron chi connectivity index (χ2n) is 5.47. The number of thiophene rings is 1. The van der Waals surface area contributed by atoms with Crippen molar-refractivity contribution in [1.29, 1.82) is 0 Å². The van der Waals surface area contributed by atoms with Crippen LogP contribution in [0.25, 0.3) is 11.5 Å². The summed E-state index contributed by atoms with van der Waals surface area (Å²) in [7, 11) is 0. The molecule has 0 spiro atoms. The molecule has 0 fully saturated rings. The third-order valence-corrected chi connectivity index (χ3v) is 4.76. The van der Waals surface area contributed by atoms with Gasteiger partial charge < -0.3 is 10.4 Å². The van der Waals surface area contributed by atoms with Crippen LogP contribution in [0.1, 0.15) is 10.4 Å². The van der Waals surface area contributed by atoms with Gasteiger partial charge in [0.25, 0.3) is 0 Å². The van der Waals surface area contributed by atoms with Gasteiger partial charge in [-0.15, -0.1) is 11.3 Å². The summed E-state index contributed by atoms with van der Waals surface area (Å²) in [6, 6.07) is 13.3. The van der Waals surface area contributed by atoms with Crippen molar-refractivity contribution < 1.29 is 22.8 Å². The van der Waals surface area contributed by atoms with Crippen molar-refractivity contribution in [3.05, 3.63) is 82.8 Å². The van der Waals surface area contributed by atoms with E-state index < -0.39 is 11.7 Å². The lowest BCUT2D eigenvalue weighted by atomic mass is 10.2. The van der Waals surface area contributed by atoms with E-state index in [1.807, 2.05) is 0 Å². The number of rotatable bonds is 4. The largest absolute Gasteiger partial charge is 0.867 e. The summed E-state index contributed by atoms with van der Waals surface area (Å²) >= 11 is 6.62. The highest BCUT2D eigenvalue weighted by Gasteiger charge is 2.30. The molecule has 2 aromatic heterocycles. The number of benzene rings is 1. The normalized spacial score (nSPS) is 12.4. The van der Waals surface area contributed by atoms with Gasteiger partial charge in [0.2, 0.25) is 5.70 Å². The molecule has 3 nitrogen and oxygen atoms in total. The molecule has 0 saturated heterocycles. The van der Waals surface area contributed by atoms with E-state index in [2.05, 4.69) is 5.32 Å². The molecule has 3 rings (SSSR count). The minimum atomic E-state index is -4.47. The summed E-state index contributed by atoms with van der Waals surface area (Å²) in [5.74, 6) is -0.314. The van der Waals surface area contributed by atoms with Gasteiger partial charge in [0, 0.05) is 22.7 Å². The number of nitrogens with zero attached hydrogens (tertiary/aromatic N) is 1. The van der Waals surface area contributed by atoms with E-state index in [1.165, 1.54) is 23.5 Å². The Bertz CT molecular complexity index is 968. The van der Waals surface area contributed by atoms with Crippen molar-refractivity contribution in [2.24, 2.45) is 0 Å². The van der Waals surface area contributed by atoms with Crippen molar-refractivity contribution >= 4 is 45.7 Å². The maximum absolute atomic E-state index is 12.9. The van der Waals surface area contributed by atoms with Gasteiger partial charge in [-0.3, -0.25) is 0 Å². The Kier molecular flexibility index (Phi) is 5.57. The molecule has 0 bridgehead atoms. The Morgan fingerprint density at radius 1 is 1.04 bits per heavy atom. The number of hydrogen-bond acceptors (Lipinski definition) is 3. The Balaban J connectivity index is 1.99. The second-order valence-corrected chi connectivity index (χ2v) is 6.83. The third kappa shape index (κ3) is 4.53. The fourth-order valence-corrected chi connectivity index (χ4v) is 3.35. The number of nitrogens with one attached hydrogen (secondary N) is 1. The number of aromatic nitrogens is 1. The Morgan fingerprint density at radius 3 is 2.41 bits per heavy atom. The lowest BCUT2D eigenvalue weighted by Gasteiger charge is -2.16. The van der Waals surface area contributed by atoms with Crippen LogP contribution >= 0.6 is 23.6 Å². The second kappa shape index (κ2) is 7.89. The van der Waals surface area contributed by atoms with Gasteiger partial charge in [0.05, 0.1) is 5.56 Å². The quantitative estimate of drug-likeness (QED) is 0.306. The molecule has 3 aromatic rings. The molecular weight excluding hydrogens is 393 g/mol.